The number of hydrogen-bond acceptors (Lipinski definition) is 4. The Balaban J connectivity index is 2.67. The standard InChI is InChI=1S/C9H13F3N4O2/c10-9(11,12)8(13)16(15-14)6-3-1-5(2-4-6)7(17)18/h5-6,13-14H,1-4H2,(H,17,18). The molecule has 102 valence electrons. The first kappa shape index (κ1) is 14.4. The van der Waals surface area contributed by atoms with Crippen LogP contribution in [0.1, 0.15) is 25.7 Å². The fraction of sp³-hybridized carbons (Fsp3) is 0.778. The largest absolute Gasteiger partial charge is 0.481 e. The van der Waals surface area contributed by atoms with E-state index in [-0.39, 0.29) is 25.7 Å². The molecular formula is C9H13F3N4O2. The van der Waals surface area contributed by atoms with E-state index in [0.29, 0.717) is 5.01 Å². The molecule has 0 heterocycles. The predicted molar refractivity (Wildman–Crippen MR) is 54.2 cm³/mol. The molecule has 0 amide bonds. The second kappa shape index (κ2) is 5.32. The van der Waals surface area contributed by atoms with Crippen molar-refractivity contribution in [3.63, 3.8) is 0 Å². The Hall–Kier alpha value is -1.67. The van der Waals surface area contributed by atoms with Crippen LogP contribution in [0.15, 0.2) is 5.22 Å². The Labute approximate surface area is 101 Å². The number of nitrogens with zero attached hydrogens (tertiary/aromatic N) is 2. The maximum atomic E-state index is 12.3. The molecule has 0 bridgehead atoms. The number of aliphatic carboxylic acids is 1. The van der Waals surface area contributed by atoms with Gasteiger partial charge < -0.3 is 5.11 Å². The predicted octanol–water partition coefficient (Wildman–Crippen LogP) is 2.42. The van der Waals surface area contributed by atoms with E-state index in [9.17, 15) is 18.0 Å². The van der Waals surface area contributed by atoms with Crippen LogP contribution in [-0.2, 0) is 4.79 Å². The van der Waals surface area contributed by atoms with Crippen LogP contribution in [-0.4, -0.2) is 34.1 Å². The lowest BCUT2D eigenvalue weighted by Crippen LogP contribution is -2.45. The molecule has 0 aromatic carbocycles. The molecule has 0 atom stereocenters. The molecule has 6 nitrogen and oxygen atoms in total. The SMILES string of the molecule is N=NN(C(=N)C(F)(F)F)C1CCC(C(=O)O)CC1. The summed E-state index contributed by atoms with van der Waals surface area (Å²) in [6, 6.07) is -0.729. The summed E-state index contributed by atoms with van der Waals surface area (Å²) in [7, 11) is 0. The van der Waals surface area contributed by atoms with Crippen molar-refractivity contribution in [3.05, 3.63) is 0 Å². The molecular weight excluding hydrogens is 253 g/mol. The fourth-order valence-corrected chi connectivity index (χ4v) is 2.01. The van der Waals surface area contributed by atoms with Gasteiger partial charge in [0.2, 0.25) is 5.84 Å². The van der Waals surface area contributed by atoms with Crippen LogP contribution >= 0.6 is 0 Å². The first-order chi connectivity index (χ1) is 8.27. The van der Waals surface area contributed by atoms with Crippen LogP contribution in [0, 0.1) is 16.9 Å². The van der Waals surface area contributed by atoms with E-state index in [1.165, 1.54) is 0 Å². The third kappa shape index (κ3) is 3.17. The monoisotopic (exact) mass is 266 g/mol. The Kier molecular flexibility index (Phi) is 4.25. The Morgan fingerprint density at radius 2 is 1.78 bits per heavy atom. The summed E-state index contributed by atoms with van der Waals surface area (Å²) in [6.07, 6.45) is -4.03. The molecule has 0 unspecified atom stereocenters. The second-order valence-corrected chi connectivity index (χ2v) is 4.13. The van der Waals surface area contributed by atoms with E-state index >= 15 is 0 Å². The fourth-order valence-electron chi connectivity index (χ4n) is 2.01. The van der Waals surface area contributed by atoms with Crippen LogP contribution in [0.4, 0.5) is 13.2 Å². The number of carbonyl (C=O) groups is 1. The highest BCUT2D eigenvalue weighted by Gasteiger charge is 2.42. The number of alkyl halides is 3. The maximum absolute atomic E-state index is 12.3. The molecule has 0 spiro atoms. The van der Waals surface area contributed by atoms with Gasteiger partial charge in [-0.2, -0.15) is 18.7 Å². The van der Waals surface area contributed by atoms with Crippen molar-refractivity contribution >= 4 is 11.8 Å². The maximum Gasteiger partial charge on any atom is 0.450 e. The van der Waals surface area contributed by atoms with E-state index in [1.54, 1.807) is 0 Å². The average molecular weight is 266 g/mol. The number of nitrogens with one attached hydrogen (secondary N) is 2. The topological polar surface area (TPSA) is 101 Å². The molecule has 1 saturated carbocycles. The smallest absolute Gasteiger partial charge is 0.450 e. The van der Waals surface area contributed by atoms with Crippen LogP contribution < -0.4 is 0 Å². The number of amidine groups is 1. The molecule has 9 heteroatoms. The van der Waals surface area contributed by atoms with Crippen molar-refractivity contribution in [1.29, 1.82) is 10.9 Å². The van der Waals surface area contributed by atoms with Gasteiger partial charge in [-0.05, 0) is 25.7 Å². The highest BCUT2D eigenvalue weighted by molar-refractivity contribution is 5.84. The summed E-state index contributed by atoms with van der Waals surface area (Å²) in [5, 5.41) is 18.8. The molecule has 3 N–H and O–H groups in total. The van der Waals surface area contributed by atoms with E-state index < -0.39 is 29.9 Å². The van der Waals surface area contributed by atoms with Gasteiger partial charge in [-0.25, -0.2) is 5.01 Å². The summed E-state index contributed by atoms with van der Waals surface area (Å²) in [5.41, 5.74) is 6.74. The van der Waals surface area contributed by atoms with E-state index in [0.717, 1.165) is 0 Å². The summed E-state index contributed by atoms with van der Waals surface area (Å²) in [5.74, 6) is -3.21. The van der Waals surface area contributed by atoms with Gasteiger partial charge in [0, 0.05) is 0 Å². The van der Waals surface area contributed by atoms with Gasteiger partial charge in [0.25, 0.3) is 0 Å². The normalized spacial score (nSPS) is 24.4. The summed E-state index contributed by atoms with van der Waals surface area (Å²) in [4.78, 5) is 10.7. The van der Waals surface area contributed by atoms with Crippen molar-refractivity contribution in [2.75, 3.05) is 0 Å². The van der Waals surface area contributed by atoms with Crippen molar-refractivity contribution < 1.29 is 23.1 Å². The van der Waals surface area contributed by atoms with Crippen LogP contribution in [0.3, 0.4) is 0 Å². The van der Waals surface area contributed by atoms with Gasteiger partial charge in [-0.1, -0.05) is 5.22 Å². The van der Waals surface area contributed by atoms with Crippen molar-refractivity contribution in [3.8, 4) is 0 Å². The van der Waals surface area contributed by atoms with Crippen molar-refractivity contribution in [2.45, 2.75) is 37.9 Å². The summed E-state index contributed by atoms with van der Waals surface area (Å²) < 4.78 is 37.0. The van der Waals surface area contributed by atoms with E-state index in [2.05, 4.69) is 5.22 Å². The Morgan fingerprint density at radius 1 is 1.28 bits per heavy atom. The molecule has 1 aliphatic rings. The molecule has 18 heavy (non-hydrogen) atoms. The highest BCUT2D eigenvalue weighted by atomic mass is 19.4. The zero-order chi connectivity index (χ0) is 13.9. The van der Waals surface area contributed by atoms with Crippen molar-refractivity contribution in [1.82, 2.24) is 5.01 Å². The highest BCUT2D eigenvalue weighted by Crippen LogP contribution is 2.30. The first-order valence-electron chi connectivity index (χ1n) is 5.32. The number of halogens is 3. The number of carboxylic acid groups (broad SMARTS) is 1. The van der Waals surface area contributed by atoms with Crippen molar-refractivity contribution in [2.24, 2.45) is 11.1 Å². The third-order valence-electron chi connectivity index (χ3n) is 3.00. The number of carboxylic acids is 1. The minimum atomic E-state index is -4.85. The molecule has 0 radical (unpaired) electrons. The lowest BCUT2D eigenvalue weighted by molar-refractivity contribution is -0.143. The Morgan fingerprint density at radius 3 is 2.11 bits per heavy atom. The Bertz CT molecular complexity index is 350. The van der Waals surface area contributed by atoms with Gasteiger partial charge in [-0.15, -0.1) is 0 Å². The minimum Gasteiger partial charge on any atom is -0.481 e. The van der Waals surface area contributed by atoms with Crippen LogP contribution in [0.5, 0.6) is 0 Å². The first-order valence-corrected chi connectivity index (χ1v) is 5.32. The minimum absolute atomic E-state index is 0.178. The molecule has 0 saturated heterocycles. The van der Waals surface area contributed by atoms with Gasteiger partial charge in [0.15, 0.2) is 0 Å². The number of rotatable bonds is 3. The van der Waals surface area contributed by atoms with Gasteiger partial charge in [0.1, 0.15) is 0 Å². The average Bonchev–Trinajstić information content (AvgIpc) is 2.29. The lowest BCUT2D eigenvalue weighted by Gasteiger charge is -2.33. The summed E-state index contributed by atoms with van der Waals surface area (Å²) in [6.45, 7) is 0. The molecule has 1 fully saturated rings. The van der Waals surface area contributed by atoms with Gasteiger partial charge in [0.05, 0.1) is 12.0 Å². The zero-order valence-corrected chi connectivity index (χ0v) is 9.37. The molecule has 0 aliphatic heterocycles. The van der Waals surface area contributed by atoms with Gasteiger partial charge in [-0.3, -0.25) is 10.2 Å². The lowest BCUT2D eigenvalue weighted by atomic mass is 9.86. The molecule has 0 aromatic rings. The quantitative estimate of drug-likeness (QED) is 0.316. The van der Waals surface area contributed by atoms with Crippen LogP contribution in [0.25, 0.3) is 0 Å². The van der Waals surface area contributed by atoms with Gasteiger partial charge >= 0.3 is 12.1 Å². The van der Waals surface area contributed by atoms with E-state index in [4.69, 9.17) is 16.0 Å². The van der Waals surface area contributed by atoms with Crippen LogP contribution in [0.2, 0.25) is 0 Å². The molecule has 0 aromatic heterocycles. The second-order valence-electron chi connectivity index (χ2n) is 4.13. The molecule has 1 rings (SSSR count). The van der Waals surface area contributed by atoms with E-state index in [1.807, 2.05) is 0 Å². The summed E-state index contributed by atoms with van der Waals surface area (Å²) >= 11 is 0. The molecule has 1 aliphatic carbocycles. The third-order valence-corrected chi connectivity index (χ3v) is 3.00. The zero-order valence-electron chi connectivity index (χ0n) is 9.37. The number of hydrogen-bond donors (Lipinski definition) is 3.